The zero-order chi connectivity index (χ0) is 13.2. The lowest BCUT2D eigenvalue weighted by molar-refractivity contribution is -0.380. The molecule has 0 saturated heterocycles. The van der Waals surface area contributed by atoms with E-state index in [1.165, 1.54) is 6.07 Å². The van der Waals surface area contributed by atoms with Crippen LogP contribution in [0.15, 0.2) is 48.7 Å². The fourth-order valence-electron chi connectivity index (χ4n) is 1.73. The molecule has 0 saturated carbocycles. The van der Waals surface area contributed by atoms with Gasteiger partial charge in [-0.15, -0.1) is 0 Å². The van der Waals surface area contributed by atoms with E-state index in [9.17, 15) is 10.1 Å². The number of hydrogen-bond acceptors (Lipinski definition) is 5. The smallest absolute Gasteiger partial charge is 0.327 e. The molecule has 0 atom stereocenters. The van der Waals surface area contributed by atoms with Gasteiger partial charge in [-0.05, 0) is 35.6 Å². The number of fused-ring (bicyclic) bond motifs is 1. The average Bonchev–Trinajstić information content (AvgIpc) is 2.88. The summed E-state index contributed by atoms with van der Waals surface area (Å²) in [4.78, 5) is 14.4. The number of thiophene rings is 1. The molecule has 0 aliphatic rings. The van der Waals surface area contributed by atoms with Crippen molar-refractivity contribution >= 4 is 27.2 Å². The van der Waals surface area contributed by atoms with Crippen LogP contribution < -0.4 is 4.74 Å². The molecule has 5 nitrogen and oxygen atoms in total. The Morgan fingerprint density at radius 1 is 1.16 bits per heavy atom. The van der Waals surface area contributed by atoms with E-state index >= 15 is 0 Å². The van der Waals surface area contributed by atoms with Crippen molar-refractivity contribution in [2.45, 2.75) is 0 Å². The SMILES string of the molecule is O=[N+]([O-])c1ccc(Oc2ccnc3ccccc23)s1. The van der Waals surface area contributed by atoms with Crippen molar-refractivity contribution in [1.82, 2.24) is 4.98 Å². The average molecular weight is 272 g/mol. The Morgan fingerprint density at radius 2 is 2.00 bits per heavy atom. The van der Waals surface area contributed by atoms with Crippen molar-refractivity contribution in [3.63, 3.8) is 0 Å². The topological polar surface area (TPSA) is 65.3 Å². The molecule has 0 fully saturated rings. The third kappa shape index (κ3) is 2.25. The van der Waals surface area contributed by atoms with E-state index < -0.39 is 4.92 Å². The van der Waals surface area contributed by atoms with Gasteiger partial charge >= 0.3 is 5.00 Å². The third-order valence-corrected chi connectivity index (χ3v) is 3.48. The molecule has 19 heavy (non-hydrogen) atoms. The first-order valence-electron chi connectivity index (χ1n) is 5.50. The first-order valence-corrected chi connectivity index (χ1v) is 6.31. The summed E-state index contributed by atoms with van der Waals surface area (Å²) in [6.45, 7) is 0. The highest BCUT2D eigenvalue weighted by molar-refractivity contribution is 7.17. The normalized spacial score (nSPS) is 10.5. The molecule has 3 aromatic rings. The molecule has 2 heterocycles. The van der Waals surface area contributed by atoms with Crippen molar-refractivity contribution in [1.29, 1.82) is 0 Å². The summed E-state index contributed by atoms with van der Waals surface area (Å²) in [6.07, 6.45) is 1.65. The van der Waals surface area contributed by atoms with Crippen LogP contribution in [0.1, 0.15) is 0 Å². The molecular weight excluding hydrogens is 264 g/mol. The van der Waals surface area contributed by atoms with Gasteiger partial charge in [-0.25, -0.2) is 0 Å². The summed E-state index contributed by atoms with van der Waals surface area (Å²) >= 11 is 1.00. The molecule has 0 amide bonds. The minimum atomic E-state index is -0.428. The lowest BCUT2D eigenvalue weighted by Crippen LogP contribution is -1.85. The van der Waals surface area contributed by atoms with Gasteiger partial charge in [0, 0.05) is 17.6 Å². The molecule has 0 unspecified atom stereocenters. The largest absolute Gasteiger partial charge is 0.446 e. The maximum absolute atomic E-state index is 10.6. The number of ether oxygens (including phenoxy) is 1. The van der Waals surface area contributed by atoms with Crippen LogP contribution in [0.2, 0.25) is 0 Å². The van der Waals surface area contributed by atoms with E-state index in [0.29, 0.717) is 10.8 Å². The number of hydrogen-bond donors (Lipinski definition) is 0. The van der Waals surface area contributed by atoms with Gasteiger partial charge in [-0.2, -0.15) is 0 Å². The molecule has 6 heteroatoms. The van der Waals surface area contributed by atoms with Gasteiger partial charge in [0.2, 0.25) is 0 Å². The quantitative estimate of drug-likeness (QED) is 0.534. The van der Waals surface area contributed by atoms with Crippen LogP contribution in [0.3, 0.4) is 0 Å². The Balaban J connectivity index is 1.98. The van der Waals surface area contributed by atoms with Crippen LogP contribution in [-0.2, 0) is 0 Å². The number of benzene rings is 1. The van der Waals surface area contributed by atoms with Gasteiger partial charge in [-0.3, -0.25) is 15.1 Å². The van der Waals surface area contributed by atoms with Crippen molar-refractivity contribution < 1.29 is 9.66 Å². The van der Waals surface area contributed by atoms with Crippen LogP contribution in [-0.4, -0.2) is 9.91 Å². The lowest BCUT2D eigenvalue weighted by Gasteiger charge is -2.05. The molecule has 0 bridgehead atoms. The predicted octanol–water partition coefficient (Wildman–Crippen LogP) is 4.00. The Labute approximate surface area is 112 Å². The van der Waals surface area contributed by atoms with Gasteiger partial charge < -0.3 is 4.74 Å². The van der Waals surface area contributed by atoms with E-state index in [0.717, 1.165) is 22.2 Å². The third-order valence-electron chi connectivity index (χ3n) is 2.57. The molecule has 0 N–H and O–H groups in total. The van der Waals surface area contributed by atoms with Crippen LogP contribution in [0.25, 0.3) is 10.9 Å². The highest BCUT2D eigenvalue weighted by atomic mass is 32.1. The molecule has 1 aromatic carbocycles. The Morgan fingerprint density at radius 3 is 2.79 bits per heavy atom. The molecular formula is C13H8N2O3S. The second-order valence-electron chi connectivity index (χ2n) is 3.78. The van der Waals surface area contributed by atoms with Crippen molar-refractivity contribution in [2.24, 2.45) is 0 Å². The first kappa shape index (κ1) is 11.6. The second-order valence-corrected chi connectivity index (χ2v) is 4.80. The maximum atomic E-state index is 10.6. The van der Waals surface area contributed by atoms with Crippen LogP contribution in [0.5, 0.6) is 10.8 Å². The zero-order valence-electron chi connectivity index (χ0n) is 9.65. The van der Waals surface area contributed by atoms with E-state index in [1.807, 2.05) is 24.3 Å². The Hall–Kier alpha value is -2.47. The summed E-state index contributed by atoms with van der Waals surface area (Å²) in [7, 11) is 0. The minimum Gasteiger partial charge on any atom is -0.446 e. The fraction of sp³-hybridized carbons (Fsp3) is 0. The van der Waals surface area contributed by atoms with Gasteiger partial charge in [0.25, 0.3) is 0 Å². The molecule has 0 spiro atoms. The summed E-state index contributed by atoms with van der Waals surface area (Å²) in [5, 5.41) is 12.1. The molecule has 3 rings (SSSR count). The monoisotopic (exact) mass is 272 g/mol. The van der Waals surface area contributed by atoms with Crippen molar-refractivity contribution in [2.75, 3.05) is 0 Å². The summed E-state index contributed by atoms with van der Waals surface area (Å²) < 4.78 is 5.70. The fourth-order valence-corrected chi connectivity index (χ4v) is 2.41. The predicted molar refractivity (Wildman–Crippen MR) is 72.8 cm³/mol. The summed E-state index contributed by atoms with van der Waals surface area (Å²) in [6, 6.07) is 12.4. The molecule has 2 aromatic heterocycles. The van der Waals surface area contributed by atoms with Crippen LogP contribution in [0.4, 0.5) is 5.00 Å². The number of pyridine rings is 1. The van der Waals surface area contributed by atoms with E-state index in [-0.39, 0.29) is 5.00 Å². The Kier molecular flexibility index (Phi) is 2.85. The maximum Gasteiger partial charge on any atom is 0.327 e. The number of rotatable bonds is 3. The highest BCUT2D eigenvalue weighted by Crippen LogP contribution is 2.35. The van der Waals surface area contributed by atoms with Gasteiger partial charge in [0.15, 0.2) is 5.06 Å². The van der Waals surface area contributed by atoms with Crippen LogP contribution in [0, 0.1) is 10.1 Å². The lowest BCUT2D eigenvalue weighted by atomic mass is 10.2. The summed E-state index contributed by atoms with van der Waals surface area (Å²) in [5.74, 6) is 0.641. The van der Waals surface area contributed by atoms with Crippen molar-refractivity contribution in [3.05, 3.63) is 58.8 Å². The number of para-hydroxylation sites is 1. The minimum absolute atomic E-state index is 0.0633. The van der Waals surface area contributed by atoms with Crippen LogP contribution >= 0.6 is 11.3 Å². The van der Waals surface area contributed by atoms with Gasteiger partial charge in [0.1, 0.15) is 5.75 Å². The second kappa shape index (κ2) is 4.66. The van der Waals surface area contributed by atoms with E-state index in [1.54, 1.807) is 18.3 Å². The molecule has 0 radical (unpaired) electrons. The molecule has 0 aliphatic heterocycles. The number of nitro groups is 1. The van der Waals surface area contributed by atoms with Crippen molar-refractivity contribution in [3.8, 4) is 10.8 Å². The van der Waals surface area contributed by atoms with E-state index in [2.05, 4.69) is 4.98 Å². The van der Waals surface area contributed by atoms with Gasteiger partial charge in [0.05, 0.1) is 10.4 Å². The molecule has 0 aliphatic carbocycles. The zero-order valence-corrected chi connectivity index (χ0v) is 10.5. The molecule has 94 valence electrons. The number of nitrogens with zero attached hydrogens (tertiary/aromatic N) is 2. The first-order chi connectivity index (χ1) is 9.24. The van der Waals surface area contributed by atoms with E-state index in [4.69, 9.17) is 4.74 Å². The Bertz CT molecular complexity index is 749. The summed E-state index contributed by atoms with van der Waals surface area (Å²) in [5.41, 5.74) is 0.825. The van der Waals surface area contributed by atoms with Gasteiger partial charge in [-0.1, -0.05) is 12.1 Å². The highest BCUT2D eigenvalue weighted by Gasteiger charge is 2.12. The number of aromatic nitrogens is 1. The standard InChI is InChI=1S/C13H8N2O3S/c16-15(17)12-5-6-13(19-12)18-11-7-8-14-10-4-2-1-3-9(10)11/h1-8H.